The Morgan fingerprint density at radius 2 is 0.929 bits per heavy atom. The molecule has 0 aliphatic heterocycles. The lowest BCUT2D eigenvalue weighted by Gasteiger charge is -1.86. The smallest absolute Gasteiger partial charge is 0.0379 e. The summed E-state index contributed by atoms with van der Waals surface area (Å²) in [5, 5.41) is 0. The molecule has 0 aliphatic rings. The summed E-state index contributed by atoms with van der Waals surface area (Å²) in [6.07, 6.45) is 12.2. The highest BCUT2D eigenvalue weighted by Crippen LogP contribution is 1.95. The van der Waals surface area contributed by atoms with Gasteiger partial charge in [-0.25, -0.2) is 0 Å². The Balaban J connectivity index is -0.0000000625. The summed E-state index contributed by atoms with van der Waals surface area (Å²) in [6, 6.07) is 0. The number of rotatable bonds is 5. The molecule has 0 amide bonds. The second kappa shape index (κ2) is 29.3. The average molecular weight is 202 g/mol. The molecule has 0 atom stereocenters. The van der Waals surface area contributed by atoms with Gasteiger partial charge in [0.2, 0.25) is 0 Å². The topological polar surface area (TPSA) is 0 Å². The van der Waals surface area contributed by atoms with Gasteiger partial charge in [-0.2, -0.15) is 0 Å². The van der Waals surface area contributed by atoms with Crippen LogP contribution in [0.1, 0.15) is 81.1 Å². The zero-order valence-electron chi connectivity index (χ0n) is 9.40. The van der Waals surface area contributed by atoms with Crippen LogP contribution < -0.4 is 0 Å². The molecule has 0 aromatic rings. The second-order valence-electron chi connectivity index (χ2n) is 3.00. The highest BCUT2D eigenvalue weighted by molar-refractivity contribution is 4.77. The van der Waals surface area contributed by atoms with E-state index in [4.69, 9.17) is 0 Å². The van der Waals surface area contributed by atoms with Crippen molar-refractivity contribution >= 4 is 0 Å². The number of unbranched alkanes of at least 4 members (excludes halogenated alkanes) is 3. The Bertz CT molecular complexity index is 62.1. The zero-order valence-corrected chi connectivity index (χ0v) is 9.40. The van der Waals surface area contributed by atoms with E-state index in [1.165, 1.54) is 38.5 Å². The van der Waals surface area contributed by atoms with Gasteiger partial charge in [-0.1, -0.05) is 80.4 Å². The highest BCUT2D eigenvalue weighted by atomic mass is 13.8. The molecule has 0 saturated carbocycles. The molecule has 0 unspecified atom stereocenters. The monoisotopic (exact) mass is 202 g/mol. The van der Waals surface area contributed by atoms with Gasteiger partial charge in [0, 0.05) is 0 Å². The summed E-state index contributed by atoms with van der Waals surface area (Å²) in [7, 11) is 0. The van der Waals surface area contributed by atoms with Gasteiger partial charge in [0.05, 0.1) is 0 Å². The van der Waals surface area contributed by atoms with Crippen molar-refractivity contribution < 1.29 is 0 Å². The molecule has 0 aromatic carbocycles. The van der Waals surface area contributed by atoms with Crippen LogP contribution in [0.2, 0.25) is 0 Å². The van der Waals surface area contributed by atoms with Gasteiger partial charge in [0.15, 0.2) is 0 Å². The van der Waals surface area contributed by atoms with Crippen LogP contribution in [-0.4, -0.2) is 0 Å². The fourth-order valence-electron chi connectivity index (χ4n) is 0.833. The maximum absolute atomic E-state index is 2.23. The Hall–Kier alpha value is -0.260. The quantitative estimate of drug-likeness (QED) is 0.366. The van der Waals surface area contributed by atoms with Crippen molar-refractivity contribution in [3.63, 3.8) is 0 Å². The van der Waals surface area contributed by atoms with Crippen molar-refractivity contribution in [3.05, 3.63) is 12.2 Å². The maximum atomic E-state index is 2.23. The van der Waals surface area contributed by atoms with Crippen molar-refractivity contribution in [2.75, 3.05) is 0 Å². The molecular weight excluding hydrogens is 168 g/mol. The fourth-order valence-corrected chi connectivity index (χ4v) is 0.833. The van der Waals surface area contributed by atoms with E-state index in [1.54, 1.807) is 0 Å². The summed E-state index contributed by atoms with van der Waals surface area (Å²) in [5.74, 6) is 0. The molecule has 0 heterocycles. The molecule has 0 aliphatic carbocycles. The predicted octanol–water partition coefficient (Wildman–Crippen LogP) is 6.22. The Labute approximate surface area is 93.8 Å². The van der Waals surface area contributed by atoms with Crippen molar-refractivity contribution in [3.8, 4) is 0 Å². The Morgan fingerprint density at radius 3 is 1.07 bits per heavy atom. The van der Waals surface area contributed by atoms with Crippen LogP contribution in [0.25, 0.3) is 0 Å². The first-order valence-electron chi connectivity index (χ1n) is 5.48. The first kappa shape index (κ1) is 23.5. The van der Waals surface area contributed by atoms with Gasteiger partial charge in [-0.05, 0) is 12.8 Å². The van der Waals surface area contributed by atoms with Gasteiger partial charge in [-0.3, -0.25) is 0 Å². The van der Waals surface area contributed by atoms with Crippen LogP contribution >= 0.6 is 0 Å². The Morgan fingerprint density at radius 1 is 0.643 bits per heavy atom. The minimum atomic E-state index is 0. The van der Waals surface area contributed by atoms with E-state index in [9.17, 15) is 0 Å². The van der Waals surface area contributed by atoms with Crippen LogP contribution in [0.4, 0.5) is 0 Å². The maximum Gasteiger partial charge on any atom is -0.0379 e. The fraction of sp³-hybridized carbons (Fsp3) is 0.857. The molecule has 0 N–H and O–H groups in total. The minimum Gasteiger partial charge on any atom is -0.0888 e. The Kier molecular flexibility index (Phi) is 49.2. The van der Waals surface area contributed by atoms with Crippen molar-refractivity contribution in [1.29, 1.82) is 0 Å². The van der Waals surface area contributed by atoms with Gasteiger partial charge >= 0.3 is 0 Å². The number of hydrogen-bond donors (Lipinski definition) is 0. The third-order valence-electron chi connectivity index (χ3n) is 1.60. The van der Waals surface area contributed by atoms with Crippen molar-refractivity contribution in [1.82, 2.24) is 0 Å². The molecule has 0 nitrogen and oxygen atoms in total. The predicted molar refractivity (Wildman–Crippen MR) is 73.0 cm³/mol. The second-order valence-corrected chi connectivity index (χ2v) is 3.00. The van der Waals surface area contributed by atoms with Gasteiger partial charge < -0.3 is 0 Å². The molecule has 90 valence electrons. The summed E-state index contributed by atoms with van der Waals surface area (Å²) in [6.45, 7) is 8.75. The third kappa shape index (κ3) is 41.1. The SMILES string of the molecule is C.C.CCC=CCC.CCCCCC. The van der Waals surface area contributed by atoms with E-state index in [0.29, 0.717) is 0 Å². The van der Waals surface area contributed by atoms with Crippen LogP contribution in [0.15, 0.2) is 12.2 Å². The molecule has 0 radical (unpaired) electrons. The lowest BCUT2D eigenvalue weighted by atomic mass is 10.2. The van der Waals surface area contributed by atoms with Gasteiger partial charge in [-0.15, -0.1) is 0 Å². The molecule has 0 saturated heterocycles. The third-order valence-corrected chi connectivity index (χ3v) is 1.60. The molecular formula is C14H34. The largest absolute Gasteiger partial charge is 0.0888 e. The number of hydrogen-bond acceptors (Lipinski definition) is 0. The van der Waals surface area contributed by atoms with Crippen molar-refractivity contribution in [2.24, 2.45) is 0 Å². The average Bonchev–Trinajstić information content (AvgIpc) is 2.12. The van der Waals surface area contributed by atoms with Crippen LogP contribution in [-0.2, 0) is 0 Å². The standard InChI is InChI=1S/C6H14.C6H12.2CH4/c2*1-3-5-6-4-2;;/h3-6H2,1-2H3;5-6H,3-4H2,1-2H3;2*1H4. The zero-order chi connectivity index (χ0) is 9.66. The first-order valence-corrected chi connectivity index (χ1v) is 5.48. The lowest BCUT2D eigenvalue weighted by Crippen LogP contribution is -1.66. The van der Waals surface area contributed by atoms with E-state index in [2.05, 4.69) is 39.8 Å². The molecule has 0 spiro atoms. The summed E-state index contributed by atoms with van der Waals surface area (Å²) in [4.78, 5) is 0. The lowest BCUT2D eigenvalue weighted by molar-refractivity contribution is 0.702. The molecule has 0 rings (SSSR count). The van der Waals surface area contributed by atoms with E-state index >= 15 is 0 Å². The summed E-state index contributed by atoms with van der Waals surface area (Å²) < 4.78 is 0. The van der Waals surface area contributed by atoms with Gasteiger partial charge in [0.1, 0.15) is 0 Å². The van der Waals surface area contributed by atoms with Crippen LogP contribution in [0, 0.1) is 0 Å². The first-order chi connectivity index (χ1) is 5.83. The van der Waals surface area contributed by atoms with E-state index in [-0.39, 0.29) is 14.9 Å². The van der Waals surface area contributed by atoms with E-state index < -0.39 is 0 Å². The van der Waals surface area contributed by atoms with E-state index in [1.807, 2.05) is 0 Å². The van der Waals surface area contributed by atoms with Crippen LogP contribution in [0.3, 0.4) is 0 Å². The molecule has 0 heteroatoms. The molecule has 0 bridgehead atoms. The molecule has 14 heavy (non-hydrogen) atoms. The summed E-state index contributed by atoms with van der Waals surface area (Å²) >= 11 is 0. The molecule has 0 aromatic heterocycles. The molecule has 0 fully saturated rings. The van der Waals surface area contributed by atoms with E-state index in [0.717, 1.165) is 0 Å². The van der Waals surface area contributed by atoms with Crippen LogP contribution in [0.5, 0.6) is 0 Å². The normalized spacial score (nSPS) is 8.29. The summed E-state index contributed by atoms with van der Waals surface area (Å²) in [5.41, 5.74) is 0. The number of allylic oxidation sites excluding steroid dienone is 2. The van der Waals surface area contributed by atoms with Crippen molar-refractivity contribution in [2.45, 2.75) is 81.1 Å². The highest BCUT2D eigenvalue weighted by Gasteiger charge is 1.75. The minimum absolute atomic E-state index is 0. The van der Waals surface area contributed by atoms with Gasteiger partial charge in [0.25, 0.3) is 0 Å².